The van der Waals surface area contributed by atoms with Crippen molar-refractivity contribution in [1.29, 1.82) is 0 Å². The molecule has 0 fully saturated rings. The van der Waals surface area contributed by atoms with Crippen molar-refractivity contribution >= 4 is 11.6 Å². The quantitative estimate of drug-likeness (QED) is 0.907. The third kappa shape index (κ3) is 3.52. The maximum Gasteiger partial charge on any atom is 0.0801 e. The molecule has 0 radical (unpaired) electrons. The maximum atomic E-state index is 6.22. The zero-order valence-corrected chi connectivity index (χ0v) is 12.0. The van der Waals surface area contributed by atoms with Crippen LogP contribution < -0.4 is 5.32 Å². The van der Waals surface area contributed by atoms with Crippen LogP contribution in [0.2, 0.25) is 5.02 Å². The minimum atomic E-state index is 0.0340. The predicted octanol–water partition coefficient (Wildman–Crippen LogP) is 3.53. The second-order valence-corrected chi connectivity index (χ2v) is 4.93. The molecule has 1 heterocycles. The number of rotatable bonds is 5. The number of hydrogen-bond acceptors (Lipinski definition) is 3. The topological polar surface area (TPSA) is 37.8 Å². The molecule has 0 saturated heterocycles. The van der Waals surface area contributed by atoms with E-state index in [1.54, 1.807) is 18.6 Å². The zero-order chi connectivity index (χ0) is 13.7. The normalized spacial score (nSPS) is 12.4. The smallest absolute Gasteiger partial charge is 0.0801 e. The van der Waals surface area contributed by atoms with E-state index in [1.165, 1.54) is 0 Å². The Kier molecular flexibility index (Phi) is 4.88. The Morgan fingerprint density at radius 1 is 1.32 bits per heavy atom. The summed E-state index contributed by atoms with van der Waals surface area (Å²) in [6, 6.07) is 6.16. The van der Waals surface area contributed by atoms with Crippen molar-refractivity contribution in [2.24, 2.45) is 0 Å². The lowest BCUT2D eigenvalue weighted by atomic mass is 10.0. The number of aryl methyl sites for hydroxylation is 1. The molecule has 0 saturated carbocycles. The van der Waals surface area contributed by atoms with Gasteiger partial charge in [-0.15, -0.1) is 0 Å². The summed E-state index contributed by atoms with van der Waals surface area (Å²) in [5.74, 6) is 0. The molecule has 100 valence electrons. The molecule has 0 spiro atoms. The Balaban J connectivity index is 2.34. The minimum absolute atomic E-state index is 0.0340. The molecule has 1 N–H and O–H groups in total. The Labute approximate surface area is 119 Å². The predicted molar refractivity (Wildman–Crippen MR) is 78.4 cm³/mol. The highest BCUT2D eigenvalue weighted by Crippen LogP contribution is 2.24. The summed E-state index contributed by atoms with van der Waals surface area (Å²) in [5, 5.41) is 4.27. The van der Waals surface area contributed by atoms with Crippen LogP contribution in [0.5, 0.6) is 0 Å². The second kappa shape index (κ2) is 6.64. The van der Waals surface area contributed by atoms with Gasteiger partial charge in [-0.3, -0.25) is 9.97 Å². The molecule has 3 nitrogen and oxygen atoms in total. The lowest BCUT2D eigenvalue weighted by Crippen LogP contribution is -2.24. The molecule has 0 aliphatic carbocycles. The molecule has 1 aromatic carbocycles. The van der Waals surface area contributed by atoms with Crippen molar-refractivity contribution in [3.05, 3.63) is 58.6 Å². The molecule has 4 heteroatoms. The lowest BCUT2D eigenvalue weighted by Gasteiger charge is -2.18. The van der Waals surface area contributed by atoms with E-state index in [0.29, 0.717) is 0 Å². The van der Waals surface area contributed by atoms with Crippen LogP contribution in [0.4, 0.5) is 0 Å². The summed E-state index contributed by atoms with van der Waals surface area (Å²) in [5.41, 5.74) is 3.11. The third-order valence-electron chi connectivity index (χ3n) is 3.01. The van der Waals surface area contributed by atoms with Crippen molar-refractivity contribution in [3.8, 4) is 0 Å². The summed E-state index contributed by atoms with van der Waals surface area (Å²) >= 11 is 6.22. The molecule has 1 unspecified atom stereocenters. The number of benzene rings is 1. The number of aromatic nitrogens is 2. The first kappa shape index (κ1) is 14.0. The van der Waals surface area contributed by atoms with Crippen LogP contribution in [0.3, 0.4) is 0 Å². The van der Waals surface area contributed by atoms with Crippen LogP contribution >= 0.6 is 11.6 Å². The van der Waals surface area contributed by atoms with Crippen molar-refractivity contribution < 1.29 is 0 Å². The summed E-state index contributed by atoms with van der Waals surface area (Å²) < 4.78 is 0. The Bertz CT molecular complexity index is 528. The van der Waals surface area contributed by atoms with E-state index in [9.17, 15) is 0 Å². The number of nitrogens with zero attached hydrogens (tertiary/aromatic N) is 2. The largest absolute Gasteiger partial charge is 0.305 e. The first-order valence-corrected chi connectivity index (χ1v) is 6.85. The van der Waals surface area contributed by atoms with Gasteiger partial charge in [0.25, 0.3) is 0 Å². The van der Waals surface area contributed by atoms with Crippen molar-refractivity contribution in [2.75, 3.05) is 6.54 Å². The standard InChI is InChI=1S/C15H18ClN3/c1-3-6-19-15(14-10-17-7-8-18-14)12-5-4-11(2)13(16)9-12/h4-5,7-10,15,19H,3,6H2,1-2H3. The van der Waals surface area contributed by atoms with Gasteiger partial charge in [-0.25, -0.2) is 0 Å². The average Bonchev–Trinajstić information content (AvgIpc) is 2.44. The van der Waals surface area contributed by atoms with E-state index in [2.05, 4.69) is 28.3 Å². The van der Waals surface area contributed by atoms with Gasteiger partial charge in [0.2, 0.25) is 0 Å². The fraction of sp³-hybridized carbons (Fsp3) is 0.333. The summed E-state index contributed by atoms with van der Waals surface area (Å²) in [7, 11) is 0. The van der Waals surface area contributed by atoms with Gasteiger partial charge in [-0.1, -0.05) is 30.7 Å². The molecule has 19 heavy (non-hydrogen) atoms. The zero-order valence-electron chi connectivity index (χ0n) is 11.2. The Morgan fingerprint density at radius 3 is 2.79 bits per heavy atom. The van der Waals surface area contributed by atoms with Gasteiger partial charge in [0.15, 0.2) is 0 Å². The first-order chi connectivity index (χ1) is 9.22. The number of halogens is 1. The molecule has 1 atom stereocenters. The third-order valence-corrected chi connectivity index (χ3v) is 3.41. The van der Waals surface area contributed by atoms with Crippen molar-refractivity contribution in [3.63, 3.8) is 0 Å². The van der Waals surface area contributed by atoms with Gasteiger partial charge in [0.05, 0.1) is 17.9 Å². The molecular weight excluding hydrogens is 258 g/mol. The number of nitrogens with one attached hydrogen (secondary N) is 1. The van der Waals surface area contributed by atoms with Gasteiger partial charge in [0.1, 0.15) is 0 Å². The molecule has 0 bridgehead atoms. The van der Waals surface area contributed by atoms with Crippen LogP contribution in [-0.4, -0.2) is 16.5 Å². The van der Waals surface area contributed by atoms with Gasteiger partial charge in [-0.05, 0) is 37.1 Å². The van der Waals surface area contributed by atoms with E-state index >= 15 is 0 Å². The van der Waals surface area contributed by atoms with Crippen molar-refractivity contribution in [1.82, 2.24) is 15.3 Å². The van der Waals surface area contributed by atoms with Gasteiger partial charge in [0, 0.05) is 17.4 Å². The SMILES string of the molecule is CCCNC(c1ccc(C)c(Cl)c1)c1cnccn1. The van der Waals surface area contributed by atoms with E-state index in [4.69, 9.17) is 11.6 Å². The highest BCUT2D eigenvalue weighted by molar-refractivity contribution is 6.31. The summed E-state index contributed by atoms with van der Waals surface area (Å²) in [6.45, 7) is 5.07. The summed E-state index contributed by atoms with van der Waals surface area (Å²) in [4.78, 5) is 8.54. The second-order valence-electron chi connectivity index (χ2n) is 4.53. The molecule has 2 aromatic rings. The highest BCUT2D eigenvalue weighted by atomic mass is 35.5. The molecule has 1 aromatic heterocycles. The fourth-order valence-corrected chi connectivity index (χ4v) is 2.12. The maximum absolute atomic E-state index is 6.22. The summed E-state index contributed by atoms with van der Waals surface area (Å²) in [6.07, 6.45) is 6.26. The van der Waals surface area contributed by atoms with E-state index in [1.807, 2.05) is 19.1 Å². The monoisotopic (exact) mass is 275 g/mol. The van der Waals surface area contributed by atoms with Crippen LogP contribution in [-0.2, 0) is 0 Å². The number of hydrogen-bond donors (Lipinski definition) is 1. The molecule has 2 rings (SSSR count). The van der Waals surface area contributed by atoms with E-state index in [0.717, 1.165) is 34.8 Å². The first-order valence-electron chi connectivity index (χ1n) is 6.47. The molecule has 0 amide bonds. The molecule has 0 aliphatic rings. The Morgan fingerprint density at radius 2 is 2.16 bits per heavy atom. The molecular formula is C15H18ClN3. The fourth-order valence-electron chi connectivity index (χ4n) is 1.93. The van der Waals surface area contributed by atoms with Gasteiger partial charge in [-0.2, -0.15) is 0 Å². The van der Waals surface area contributed by atoms with Crippen LogP contribution in [0.15, 0.2) is 36.8 Å². The lowest BCUT2D eigenvalue weighted by molar-refractivity contribution is 0.584. The van der Waals surface area contributed by atoms with Crippen molar-refractivity contribution in [2.45, 2.75) is 26.3 Å². The van der Waals surface area contributed by atoms with Crippen LogP contribution in [0, 0.1) is 6.92 Å². The van der Waals surface area contributed by atoms with E-state index < -0.39 is 0 Å². The Hall–Kier alpha value is -1.45. The highest BCUT2D eigenvalue weighted by Gasteiger charge is 2.15. The van der Waals surface area contributed by atoms with Crippen LogP contribution in [0.25, 0.3) is 0 Å². The minimum Gasteiger partial charge on any atom is -0.305 e. The molecule has 0 aliphatic heterocycles. The van der Waals surface area contributed by atoms with Gasteiger partial charge < -0.3 is 5.32 Å². The average molecular weight is 276 g/mol. The van der Waals surface area contributed by atoms with Gasteiger partial charge >= 0.3 is 0 Å². The van der Waals surface area contributed by atoms with Crippen LogP contribution in [0.1, 0.15) is 36.2 Å². The van der Waals surface area contributed by atoms with E-state index in [-0.39, 0.29) is 6.04 Å².